The molecule has 0 aliphatic carbocycles. The third-order valence-electron chi connectivity index (χ3n) is 4.82. The van der Waals surface area contributed by atoms with Crippen molar-refractivity contribution in [2.24, 2.45) is 0 Å². The molecule has 1 aliphatic rings. The molecule has 3 aromatic rings. The predicted octanol–water partition coefficient (Wildman–Crippen LogP) is 5.00. The minimum absolute atomic E-state index is 0.00262. The van der Waals surface area contributed by atoms with Crippen LogP contribution in [0.25, 0.3) is 11.0 Å². The maximum Gasteiger partial charge on any atom is 0.449 e. The molecule has 0 amide bonds. The number of hydrogen-bond acceptors (Lipinski definition) is 3. The highest BCUT2D eigenvalue weighted by atomic mass is 19.4. The van der Waals surface area contributed by atoms with Crippen molar-refractivity contribution in [3.05, 3.63) is 47.7 Å². The number of aryl methyl sites for hydroxylation is 1. The third kappa shape index (κ3) is 3.06. The quantitative estimate of drug-likeness (QED) is 0.657. The minimum Gasteiger partial charge on any atom is -0.464 e. The summed E-state index contributed by atoms with van der Waals surface area (Å²) in [6.45, 7) is 3.48. The summed E-state index contributed by atoms with van der Waals surface area (Å²) in [5.74, 6) is 0.272. The number of para-hydroxylation sites is 1. The summed E-state index contributed by atoms with van der Waals surface area (Å²) in [5.41, 5.74) is 1.67. The smallest absolute Gasteiger partial charge is 0.449 e. The molecule has 1 fully saturated rings. The number of imidazole rings is 1. The Bertz CT molecular complexity index is 920. The van der Waals surface area contributed by atoms with Crippen LogP contribution in [0, 0.1) is 6.92 Å². The maximum absolute atomic E-state index is 13.6. The fraction of sp³-hybridized carbons (Fsp3) is 0.421. The lowest BCUT2D eigenvalue weighted by atomic mass is 10.1. The summed E-state index contributed by atoms with van der Waals surface area (Å²) < 4.78 is 47.6. The van der Waals surface area contributed by atoms with Crippen molar-refractivity contribution in [2.45, 2.75) is 38.9 Å². The Morgan fingerprint density at radius 2 is 1.85 bits per heavy atom. The number of halogens is 3. The lowest BCUT2D eigenvalue weighted by molar-refractivity contribution is -0.146. The van der Waals surface area contributed by atoms with Crippen LogP contribution in [0.4, 0.5) is 18.9 Å². The number of furan rings is 1. The molecule has 0 unspecified atom stereocenters. The van der Waals surface area contributed by atoms with E-state index in [9.17, 15) is 13.2 Å². The summed E-state index contributed by atoms with van der Waals surface area (Å²) in [5, 5.41) is 0. The lowest BCUT2D eigenvalue weighted by Gasteiger charge is -2.28. The van der Waals surface area contributed by atoms with Gasteiger partial charge in [-0.1, -0.05) is 6.07 Å². The van der Waals surface area contributed by atoms with Crippen LogP contribution in [0.3, 0.4) is 0 Å². The van der Waals surface area contributed by atoms with Crippen LogP contribution in [0.15, 0.2) is 34.7 Å². The van der Waals surface area contributed by atoms with Gasteiger partial charge in [0.2, 0.25) is 5.82 Å². The van der Waals surface area contributed by atoms with Gasteiger partial charge in [-0.2, -0.15) is 13.2 Å². The zero-order valence-electron chi connectivity index (χ0n) is 14.5. The van der Waals surface area contributed by atoms with Crippen molar-refractivity contribution < 1.29 is 17.6 Å². The number of nitrogens with zero attached hydrogens (tertiary/aromatic N) is 3. The first-order valence-electron chi connectivity index (χ1n) is 8.80. The molecule has 0 saturated carbocycles. The van der Waals surface area contributed by atoms with Crippen LogP contribution in [-0.2, 0) is 12.7 Å². The topological polar surface area (TPSA) is 34.2 Å². The first-order chi connectivity index (χ1) is 12.4. The Kier molecular flexibility index (Phi) is 4.17. The molecule has 0 atom stereocenters. The maximum atomic E-state index is 13.6. The van der Waals surface area contributed by atoms with Crippen LogP contribution in [0.5, 0.6) is 0 Å². The molecule has 3 heterocycles. The van der Waals surface area contributed by atoms with Crippen molar-refractivity contribution in [3.8, 4) is 0 Å². The molecule has 0 spiro atoms. The van der Waals surface area contributed by atoms with Gasteiger partial charge < -0.3 is 13.9 Å². The molecule has 4 rings (SSSR count). The van der Waals surface area contributed by atoms with Crippen molar-refractivity contribution >= 4 is 16.7 Å². The molecule has 7 heteroatoms. The largest absolute Gasteiger partial charge is 0.464 e. The zero-order valence-corrected chi connectivity index (χ0v) is 14.5. The van der Waals surface area contributed by atoms with Gasteiger partial charge in [0.25, 0.3) is 0 Å². The first-order valence-corrected chi connectivity index (χ1v) is 8.80. The molecule has 4 nitrogen and oxygen atoms in total. The predicted molar refractivity (Wildman–Crippen MR) is 93.3 cm³/mol. The molecular weight excluding hydrogens is 343 g/mol. The average molecular weight is 363 g/mol. The van der Waals surface area contributed by atoms with Gasteiger partial charge in [0.1, 0.15) is 17.0 Å². The van der Waals surface area contributed by atoms with Gasteiger partial charge in [-0.25, -0.2) is 4.98 Å². The van der Waals surface area contributed by atoms with Gasteiger partial charge in [0.05, 0.1) is 17.7 Å². The molecule has 1 saturated heterocycles. The summed E-state index contributed by atoms with van der Waals surface area (Å²) in [4.78, 5) is 6.16. The molecule has 1 aromatic carbocycles. The van der Waals surface area contributed by atoms with E-state index < -0.39 is 12.0 Å². The molecule has 26 heavy (non-hydrogen) atoms. The molecule has 1 aliphatic heterocycles. The number of alkyl halides is 3. The fourth-order valence-electron chi connectivity index (χ4n) is 3.62. The van der Waals surface area contributed by atoms with E-state index in [0.29, 0.717) is 22.6 Å². The SMILES string of the molecule is Cc1ccc(Cn2c(C(F)(F)F)nc3c(N4CCCCC4)cccc32)o1. The Labute approximate surface area is 149 Å². The van der Waals surface area contributed by atoms with E-state index in [1.807, 2.05) is 6.07 Å². The molecule has 0 radical (unpaired) electrons. The van der Waals surface area contributed by atoms with Gasteiger partial charge in [0, 0.05) is 13.1 Å². The summed E-state index contributed by atoms with van der Waals surface area (Å²) in [6, 6.07) is 8.82. The summed E-state index contributed by atoms with van der Waals surface area (Å²) in [6.07, 6.45) is -1.27. The Morgan fingerprint density at radius 3 is 2.50 bits per heavy atom. The number of aromatic nitrogens is 2. The summed E-state index contributed by atoms with van der Waals surface area (Å²) in [7, 11) is 0. The number of fused-ring (bicyclic) bond motifs is 1. The standard InChI is InChI=1S/C19H20F3N3O/c1-13-8-9-14(26-13)12-25-16-7-5-6-15(24-10-3-2-4-11-24)17(16)23-18(25)19(20,21)22/h5-9H,2-4,10-12H2,1H3. The Balaban J connectivity index is 1.85. The van der Waals surface area contributed by atoms with E-state index in [1.165, 1.54) is 4.57 Å². The number of benzene rings is 1. The third-order valence-corrected chi connectivity index (χ3v) is 4.82. The molecule has 138 valence electrons. The number of rotatable bonds is 3. The van der Waals surface area contributed by atoms with Crippen LogP contribution < -0.4 is 4.90 Å². The van der Waals surface area contributed by atoms with E-state index in [4.69, 9.17) is 4.42 Å². The Hall–Kier alpha value is -2.44. The second-order valence-electron chi connectivity index (χ2n) is 6.72. The minimum atomic E-state index is -4.53. The van der Waals surface area contributed by atoms with Crippen LogP contribution in [-0.4, -0.2) is 22.6 Å². The van der Waals surface area contributed by atoms with Gasteiger partial charge in [-0.05, 0) is 50.5 Å². The average Bonchev–Trinajstić information content (AvgIpc) is 3.19. The normalized spacial score (nSPS) is 15.8. The van der Waals surface area contributed by atoms with Crippen LogP contribution in [0.2, 0.25) is 0 Å². The number of hydrogen-bond donors (Lipinski definition) is 0. The van der Waals surface area contributed by atoms with E-state index >= 15 is 0 Å². The van der Waals surface area contributed by atoms with Crippen molar-refractivity contribution in [1.82, 2.24) is 9.55 Å². The molecule has 0 bridgehead atoms. The first kappa shape index (κ1) is 17.0. The molecule has 0 N–H and O–H groups in total. The fourth-order valence-corrected chi connectivity index (χ4v) is 3.62. The molecular formula is C19H20F3N3O. The van der Waals surface area contributed by atoms with E-state index in [-0.39, 0.29) is 6.54 Å². The van der Waals surface area contributed by atoms with Crippen molar-refractivity contribution in [3.63, 3.8) is 0 Å². The Morgan fingerprint density at radius 1 is 1.08 bits per heavy atom. The number of piperidine rings is 1. The monoisotopic (exact) mass is 363 g/mol. The van der Waals surface area contributed by atoms with Crippen molar-refractivity contribution in [2.75, 3.05) is 18.0 Å². The second kappa shape index (κ2) is 6.37. The van der Waals surface area contributed by atoms with E-state index in [2.05, 4.69) is 9.88 Å². The van der Waals surface area contributed by atoms with Crippen molar-refractivity contribution in [1.29, 1.82) is 0 Å². The van der Waals surface area contributed by atoms with Gasteiger partial charge in [-0.3, -0.25) is 0 Å². The van der Waals surface area contributed by atoms with Crippen LogP contribution >= 0.6 is 0 Å². The van der Waals surface area contributed by atoms with E-state index in [1.54, 1.807) is 31.2 Å². The highest BCUT2D eigenvalue weighted by Crippen LogP contribution is 2.36. The number of anilines is 1. The molecule has 2 aromatic heterocycles. The van der Waals surface area contributed by atoms with Gasteiger partial charge in [-0.15, -0.1) is 0 Å². The second-order valence-corrected chi connectivity index (χ2v) is 6.72. The van der Waals surface area contributed by atoms with Gasteiger partial charge >= 0.3 is 6.18 Å². The zero-order chi connectivity index (χ0) is 18.3. The van der Waals surface area contributed by atoms with Crippen LogP contribution in [0.1, 0.15) is 36.6 Å². The summed E-state index contributed by atoms with van der Waals surface area (Å²) >= 11 is 0. The lowest BCUT2D eigenvalue weighted by Crippen LogP contribution is -2.29. The highest BCUT2D eigenvalue weighted by Gasteiger charge is 2.38. The van der Waals surface area contributed by atoms with Gasteiger partial charge in [0.15, 0.2) is 0 Å². The highest BCUT2D eigenvalue weighted by molar-refractivity contribution is 5.89. The van der Waals surface area contributed by atoms with E-state index in [0.717, 1.165) is 38.0 Å².